The summed E-state index contributed by atoms with van der Waals surface area (Å²) in [5, 5.41) is 5.06. The number of carbonyl (C=O) groups is 2. The molecule has 2 aromatic rings. The van der Waals surface area contributed by atoms with Gasteiger partial charge >= 0.3 is 0 Å². The smallest absolute Gasteiger partial charge is 0.254 e. The lowest BCUT2D eigenvalue weighted by molar-refractivity contribution is -0.124. The lowest BCUT2D eigenvalue weighted by atomic mass is 9.81. The fraction of sp³-hybridized carbons (Fsp3) is 0.429. The lowest BCUT2D eigenvalue weighted by Crippen LogP contribution is -2.48. The Labute approximate surface area is 159 Å². The molecular formula is C21H26N2O2S. The van der Waals surface area contributed by atoms with E-state index in [0.29, 0.717) is 24.6 Å². The van der Waals surface area contributed by atoms with Gasteiger partial charge in [-0.1, -0.05) is 45.0 Å². The third-order valence-electron chi connectivity index (χ3n) is 4.67. The largest absolute Gasteiger partial charge is 0.356 e. The Bertz CT molecular complexity index is 770. The van der Waals surface area contributed by atoms with Crippen LogP contribution in [0.4, 0.5) is 0 Å². The summed E-state index contributed by atoms with van der Waals surface area (Å²) in [5.74, 6) is -0.0370. The summed E-state index contributed by atoms with van der Waals surface area (Å²) in [6, 6.07) is 11.3. The van der Waals surface area contributed by atoms with Gasteiger partial charge in [0.2, 0.25) is 5.91 Å². The fourth-order valence-electron chi connectivity index (χ4n) is 3.60. The highest BCUT2D eigenvalue weighted by atomic mass is 32.1. The number of thiophene rings is 1. The number of nitrogens with zero attached hydrogens (tertiary/aromatic N) is 1. The zero-order chi connectivity index (χ0) is 18.7. The van der Waals surface area contributed by atoms with E-state index in [2.05, 4.69) is 19.2 Å². The number of hydrogen-bond acceptors (Lipinski definition) is 3. The zero-order valence-electron chi connectivity index (χ0n) is 15.6. The van der Waals surface area contributed by atoms with Crippen LogP contribution < -0.4 is 5.32 Å². The quantitative estimate of drug-likeness (QED) is 0.828. The first-order valence-electron chi connectivity index (χ1n) is 9.25. The van der Waals surface area contributed by atoms with E-state index >= 15 is 0 Å². The molecule has 1 aliphatic rings. The van der Waals surface area contributed by atoms with Gasteiger partial charge in [0.05, 0.1) is 12.0 Å². The Morgan fingerprint density at radius 1 is 1.23 bits per heavy atom. The molecule has 4 nitrogen and oxygen atoms in total. The molecule has 0 bridgehead atoms. The van der Waals surface area contributed by atoms with Crippen LogP contribution in [0, 0.1) is 5.92 Å². The van der Waals surface area contributed by atoms with E-state index < -0.39 is 0 Å². The molecular weight excluding hydrogens is 344 g/mol. The zero-order valence-corrected chi connectivity index (χ0v) is 16.4. The van der Waals surface area contributed by atoms with E-state index in [0.717, 1.165) is 16.9 Å². The molecule has 1 aromatic carbocycles. The summed E-state index contributed by atoms with van der Waals surface area (Å²) in [4.78, 5) is 29.3. The molecule has 2 amide bonds. The molecule has 1 aliphatic heterocycles. The van der Waals surface area contributed by atoms with Gasteiger partial charge in [0.15, 0.2) is 0 Å². The Morgan fingerprint density at radius 3 is 2.65 bits per heavy atom. The molecule has 26 heavy (non-hydrogen) atoms. The van der Waals surface area contributed by atoms with E-state index in [4.69, 9.17) is 0 Å². The topological polar surface area (TPSA) is 49.4 Å². The van der Waals surface area contributed by atoms with Crippen molar-refractivity contribution in [3.05, 3.63) is 57.8 Å². The molecule has 0 spiro atoms. The number of carbonyl (C=O) groups excluding carboxylic acids is 2. The summed E-state index contributed by atoms with van der Waals surface area (Å²) >= 11 is 1.61. The van der Waals surface area contributed by atoms with Crippen LogP contribution in [0.5, 0.6) is 0 Å². The number of benzene rings is 1. The van der Waals surface area contributed by atoms with Crippen molar-refractivity contribution < 1.29 is 9.59 Å². The summed E-state index contributed by atoms with van der Waals surface area (Å²) in [5.41, 5.74) is 1.49. The summed E-state index contributed by atoms with van der Waals surface area (Å²) < 4.78 is 0. The minimum atomic E-state index is -0.382. The Hall–Kier alpha value is -2.14. The number of rotatable bonds is 6. The van der Waals surface area contributed by atoms with Crippen molar-refractivity contribution in [3.8, 4) is 0 Å². The maximum atomic E-state index is 13.2. The number of hydrogen-bond donors (Lipinski definition) is 1. The number of amides is 2. The molecule has 5 heteroatoms. The Balaban J connectivity index is 2.13. The number of fused-ring (bicyclic) bond motifs is 1. The van der Waals surface area contributed by atoms with Gasteiger partial charge < -0.3 is 10.2 Å². The highest BCUT2D eigenvalue weighted by molar-refractivity contribution is 7.10. The van der Waals surface area contributed by atoms with E-state index in [1.54, 1.807) is 11.3 Å². The highest BCUT2D eigenvalue weighted by Crippen LogP contribution is 2.44. The molecule has 2 heterocycles. The van der Waals surface area contributed by atoms with Crippen molar-refractivity contribution in [2.75, 3.05) is 13.1 Å². The predicted octanol–water partition coefficient (Wildman–Crippen LogP) is 4.21. The first kappa shape index (κ1) is 18.6. The average molecular weight is 371 g/mol. The van der Waals surface area contributed by atoms with Crippen molar-refractivity contribution >= 4 is 23.2 Å². The molecule has 2 atom stereocenters. The lowest BCUT2D eigenvalue weighted by Gasteiger charge is -2.42. The van der Waals surface area contributed by atoms with Crippen molar-refractivity contribution in [2.45, 2.75) is 39.2 Å². The molecule has 3 rings (SSSR count). The van der Waals surface area contributed by atoms with Gasteiger partial charge in [-0.15, -0.1) is 11.3 Å². The van der Waals surface area contributed by atoms with E-state index in [9.17, 15) is 9.59 Å². The van der Waals surface area contributed by atoms with Gasteiger partial charge in [-0.05, 0) is 35.4 Å². The molecule has 138 valence electrons. The molecule has 0 saturated carbocycles. The predicted molar refractivity (Wildman–Crippen MR) is 105 cm³/mol. The normalized spacial score (nSPS) is 19.5. The Kier molecular flexibility index (Phi) is 5.77. The maximum absolute atomic E-state index is 13.2. The van der Waals surface area contributed by atoms with Gasteiger partial charge in [0.1, 0.15) is 0 Å². The standard InChI is InChI=1S/C21H26N2O2S/c1-4-11-22-20(24)18-15-8-5-6-9-16(15)21(25)23(13-14(2)3)19(18)17-10-7-12-26-17/h5-10,12,14,18-19H,4,11,13H2,1-3H3,(H,22,24). The van der Waals surface area contributed by atoms with Crippen LogP contribution in [0.25, 0.3) is 0 Å². The van der Waals surface area contributed by atoms with Crippen LogP contribution in [0.2, 0.25) is 0 Å². The SMILES string of the molecule is CCCNC(=O)C1c2ccccc2C(=O)N(CC(C)C)C1c1cccs1. The summed E-state index contributed by atoms with van der Waals surface area (Å²) in [6.45, 7) is 7.53. The third kappa shape index (κ3) is 3.54. The van der Waals surface area contributed by atoms with Crippen LogP contribution in [0.1, 0.15) is 60.0 Å². The molecule has 0 fully saturated rings. The average Bonchev–Trinajstić information content (AvgIpc) is 3.15. The maximum Gasteiger partial charge on any atom is 0.254 e. The number of nitrogens with one attached hydrogen (secondary N) is 1. The third-order valence-corrected chi connectivity index (χ3v) is 5.61. The molecule has 1 N–H and O–H groups in total. The second kappa shape index (κ2) is 8.04. The van der Waals surface area contributed by atoms with Gasteiger partial charge in [0.25, 0.3) is 5.91 Å². The van der Waals surface area contributed by atoms with Gasteiger partial charge in [-0.3, -0.25) is 9.59 Å². The minimum Gasteiger partial charge on any atom is -0.356 e. The van der Waals surface area contributed by atoms with Crippen molar-refractivity contribution in [1.29, 1.82) is 0 Å². The van der Waals surface area contributed by atoms with Gasteiger partial charge in [-0.25, -0.2) is 0 Å². The van der Waals surface area contributed by atoms with Crippen LogP contribution in [0.15, 0.2) is 41.8 Å². The summed E-state index contributed by atoms with van der Waals surface area (Å²) in [6.07, 6.45) is 0.887. The first-order chi connectivity index (χ1) is 12.5. The molecule has 1 aromatic heterocycles. The fourth-order valence-corrected chi connectivity index (χ4v) is 4.48. The second-order valence-electron chi connectivity index (χ2n) is 7.17. The van der Waals surface area contributed by atoms with E-state index in [-0.39, 0.29) is 23.8 Å². The van der Waals surface area contributed by atoms with Gasteiger partial charge in [0, 0.05) is 23.5 Å². The monoisotopic (exact) mass is 370 g/mol. The van der Waals surface area contributed by atoms with E-state index in [1.165, 1.54) is 0 Å². The van der Waals surface area contributed by atoms with Crippen molar-refractivity contribution in [2.24, 2.45) is 5.92 Å². The van der Waals surface area contributed by atoms with Crippen LogP contribution in [-0.2, 0) is 4.79 Å². The van der Waals surface area contributed by atoms with Gasteiger partial charge in [-0.2, -0.15) is 0 Å². The van der Waals surface area contributed by atoms with Crippen LogP contribution in [-0.4, -0.2) is 29.8 Å². The Morgan fingerprint density at radius 2 is 2.00 bits per heavy atom. The summed E-state index contributed by atoms with van der Waals surface area (Å²) in [7, 11) is 0. The minimum absolute atomic E-state index is 0.000967. The van der Waals surface area contributed by atoms with Crippen molar-refractivity contribution in [3.63, 3.8) is 0 Å². The highest BCUT2D eigenvalue weighted by Gasteiger charge is 2.44. The molecule has 0 saturated heterocycles. The van der Waals surface area contributed by atoms with E-state index in [1.807, 2.05) is 53.6 Å². The first-order valence-corrected chi connectivity index (χ1v) is 10.1. The molecule has 0 aliphatic carbocycles. The molecule has 2 unspecified atom stereocenters. The van der Waals surface area contributed by atoms with Crippen LogP contribution in [0.3, 0.4) is 0 Å². The van der Waals surface area contributed by atoms with Crippen molar-refractivity contribution in [1.82, 2.24) is 10.2 Å². The van der Waals surface area contributed by atoms with Crippen LogP contribution >= 0.6 is 11.3 Å². The molecule has 0 radical (unpaired) electrons. The second-order valence-corrected chi connectivity index (χ2v) is 8.15.